The van der Waals surface area contributed by atoms with Gasteiger partial charge < -0.3 is 10.0 Å². The Hall–Kier alpha value is -1.53. The average Bonchev–Trinajstić information content (AvgIpc) is 2.37. The molecule has 1 rings (SSSR count). The van der Waals surface area contributed by atoms with E-state index in [0.717, 1.165) is 26.1 Å². The Balaban J connectivity index is 2.62. The smallest absolute Gasteiger partial charge is 0.339 e. The SMILES string of the molecule is CCN(CCCN(C)C)Cc1ncncc1C(=O)O. The molecule has 0 saturated heterocycles. The summed E-state index contributed by atoms with van der Waals surface area (Å²) in [6.45, 7) is 5.44. The van der Waals surface area contributed by atoms with Crippen LogP contribution in [0.3, 0.4) is 0 Å². The number of aromatic carboxylic acids is 1. The highest BCUT2D eigenvalue weighted by Gasteiger charge is 2.14. The van der Waals surface area contributed by atoms with Gasteiger partial charge in [-0.2, -0.15) is 0 Å². The molecule has 1 aromatic rings. The number of carboxylic acids is 1. The standard InChI is InChI=1S/C13H22N4O2/c1-4-17(7-5-6-16(2)3)9-12-11(13(18)19)8-14-10-15-12/h8,10H,4-7,9H2,1-3H3,(H,18,19). The lowest BCUT2D eigenvalue weighted by atomic mass is 10.2. The van der Waals surface area contributed by atoms with Gasteiger partial charge in [-0.15, -0.1) is 0 Å². The number of carbonyl (C=O) groups is 1. The minimum absolute atomic E-state index is 0.188. The van der Waals surface area contributed by atoms with Crippen LogP contribution >= 0.6 is 0 Å². The first-order valence-electron chi connectivity index (χ1n) is 6.43. The van der Waals surface area contributed by atoms with Crippen LogP contribution in [0.4, 0.5) is 0 Å². The molecule has 1 heterocycles. The number of hydrogen-bond acceptors (Lipinski definition) is 5. The molecule has 0 fully saturated rings. The Labute approximate surface area is 114 Å². The van der Waals surface area contributed by atoms with E-state index in [1.165, 1.54) is 12.5 Å². The average molecular weight is 266 g/mol. The van der Waals surface area contributed by atoms with Gasteiger partial charge in [-0.1, -0.05) is 6.92 Å². The summed E-state index contributed by atoms with van der Waals surface area (Å²) >= 11 is 0. The second-order valence-electron chi connectivity index (χ2n) is 4.71. The maximum atomic E-state index is 11.1. The zero-order valence-corrected chi connectivity index (χ0v) is 11.8. The zero-order valence-electron chi connectivity index (χ0n) is 11.8. The van der Waals surface area contributed by atoms with E-state index in [-0.39, 0.29) is 5.56 Å². The molecule has 19 heavy (non-hydrogen) atoms. The van der Waals surface area contributed by atoms with Crippen LogP contribution in [-0.2, 0) is 6.54 Å². The van der Waals surface area contributed by atoms with Crippen molar-refractivity contribution in [1.82, 2.24) is 19.8 Å². The van der Waals surface area contributed by atoms with Gasteiger partial charge in [-0.3, -0.25) is 4.90 Å². The molecule has 0 aliphatic carbocycles. The molecule has 0 saturated carbocycles. The first kappa shape index (κ1) is 15.5. The van der Waals surface area contributed by atoms with Gasteiger partial charge in [0.25, 0.3) is 0 Å². The highest BCUT2D eigenvalue weighted by molar-refractivity contribution is 5.88. The van der Waals surface area contributed by atoms with Crippen LogP contribution in [0.1, 0.15) is 29.4 Å². The molecule has 6 nitrogen and oxygen atoms in total. The third-order valence-electron chi connectivity index (χ3n) is 2.93. The summed E-state index contributed by atoms with van der Waals surface area (Å²) in [7, 11) is 4.09. The molecule has 0 aliphatic rings. The van der Waals surface area contributed by atoms with E-state index >= 15 is 0 Å². The molecule has 1 N–H and O–H groups in total. The van der Waals surface area contributed by atoms with Gasteiger partial charge in [0.15, 0.2) is 0 Å². The fourth-order valence-electron chi connectivity index (χ4n) is 1.83. The van der Waals surface area contributed by atoms with Gasteiger partial charge in [0, 0.05) is 12.7 Å². The quantitative estimate of drug-likeness (QED) is 0.755. The molecule has 1 aromatic heterocycles. The molecule has 0 spiro atoms. The number of aromatic nitrogens is 2. The second kappa shape index (κ2) is 7.81. The van der Waals surface area contributed by atoms with Gasteiger partial charge in [-0.05, 0) is 40.2 Å². The zero-order chi connectivity index (χ0) is 14.3. The Morgan fingerprint density at radius 2 is 2.11 bits per heavy atom. The van der Waals surface area contributed by atoms with Gasteiger partial charge in [0.05, 0.1) is 5.69 Å². The second-order valence-corrected chi connectivity index (χ2v) is 4.71. The summed E-state index contributed by atoms with van der Waals surface area (Å²) in [5.74, 6) is -0.972. The summed E-state index contributed by atoms with van der Waals surface area (Å²) in [5.41, 5.74) is 0.766. The molecule has 0 aromatic carbocycles. The maximum Gasteiger partial charge on any atom is 0.339 e. The van der Waals surface area contributed by atoms with Gasteiger partial charge in [-0.25, -0.2) is 14.8 Å². The monoisotopic (exact) mass is 266 g/mol. The highest BCUT2D eigenvalue weighted by Crippen LogP contribution is 2.08. The largest absolute Gasteiger partial charge is 0.478 e. The van der Waals surface area contributed by atoms with E-state index in [2.05, 4.69) is 26.7 Å². The van der Waals surface area contributed by atoms with Crippen LogP contribution in [-0.4, -0.2) is 64.6 Å². The lowest BCUT2D eigenvalue weighted by molar-refractivity contribution is 0.0693. The minimum Gasteiger partial charge on any atom is -0.478 e. The van der Waals surface area contributed by atoms with E-state index in [1.807, 2.05) is 14.1 Å². The van der Waals surface area contributed by atoms with E-state index in [1.54, 1.807) is 0 Å². The topological polar surface area (TPSA) is 69.6 Å². The fourth-order valence-corrected chi connectivity index (χ4v) is 1.83. The van der Waals surface area contributed by atoms with E-state index < -0.39 is 5.97 Å². The van der Waals surface area contributed by atoms with Crippen molar-refractivity contribution in [3.63, 3.8) is 0 Å². The predicted molar refractivity (Wildman–Crippen MR) is 73.1 cm³/mol. The Bertz CT molecular complexity index is 409. The van der Waals surface area contributed by atoms with E-state index in [9.17, 15) is 4.79 Å². The summed E-state index contributed by atoms with van der Waals surface area (Å²) < 4.78 is 0. The summed E-state index contributed by atoms with van der Waals surface area (Å²) in [6.07, 6.45) is 3.81. The number of hydrogen-bond donors (Lipinski definition) is 1. The first-order chi connectivity index (χ1) is 9.04. The molecule has 0 amide bonds. The van der Waals surface area contributed by atoms with Crippen LogP contribution in [0.15, 0.2) is 12.5 Å². The van der Waals surface area contributed by atoms with Crippen molar-refractivity contribution in [3.05, 3.63) is 23.8 Å². The van der Waals surface area contributed by atoms with Crippen LogP contribution in [0, 0.1) is 0 Å². The van der Waals surface area contributed by atoms with Crippen molar-refractivity contribution < 1.29 is 9.90 Å². The molecular formula is C13H22N4O2. The van der Waals surface area contributed by atoms with Crippen molar-refractivity contribution >= 4 is 5.97 Å². The Morgan fingerprint density at radius 1 is 1.37 bits per heavy atom. The maximum absolute atomic E-state index is 11.1. The predicted octanol–water partition coefficient (Wildman–Crippen LogP) is 0.948. The molecule has 0 unspecified atom stereocenters. The summed E-state index contributed by atoms with van der Waals surface area (Å²) in [5, 5.41) is 9.09. The molecular weight excluding hydrogens is 244 g/mol. The van der Waals surface area contributed by atoms with Crippen molar-refractivity contribution in [2.45, 2.75) is 19.9 Å². The molecule has 0 radical (unpaired) electrons. The third-order valence-corrected chi connectivity index (χ3v) is 2.93. The lowest BCUT2D eigenvalue weighted by Gasteiger charge is -2.21. The molecule has 0 aliphatic heterocycles. The normalized spacial score (nSPS) is 11.2. The van der Waals surface area contributed by atoms with E-state index in [4.69, 9.17) is 5.11 Å². The van der Waals surface area contributed by atoms with Crippen LogP contribution < -0.4 is 0 Å². The molecule has 0 atom stereocenters. The van der Waals surface area contributed by atoms with Crippen molar-refractivity contribution in [1.29, 1.82) is 0 Å². The Morgan fingerprint density at radius 3 is 2.68 bits per heavy atom. The molecule has 0 bridgehead atoms. The fraction of sp³-hybridized carbons (Fsp3) is 0.615. The van der Waals surface area contributed by atoms with Gasteiger partial charge in [0.1, 0.15) is 11.9 Å². The van der Waals surface area contributed by atoms with Crippen molar-refractivity contribution in [2.75, 3.05) is 33.7 Å². The third kappa shape index (κ3) is 5.32. The van der Waals surface area contributed by atoms with Crippen LogP contribution in [0.5, 0.6) is 0 Å². The summed E-state index contributed by atoms with van der Waals surface area (Å²) in [4.78, 5) is 23.3. The minimum atomic E-state index is -0.972. The van der Waals surface area contributed by atoms with Gasteiger partial charge in [0.2, 0.25) is 0 Å². The Kier molecular flexibility index (Phi) is 6.38. The van der Waals surface area contributed by atoms with Gasteiger partial charge >= 0.3 is 5.97 Å². The van der Waals surface area contributed by atoms with E-state index in [0.29, 0.717) is 12.2 Å². The summed E-state index contributed by atoms with van der Waals surface area (Å²) in [6, 6.07) is 0. The highest BCUT2D eigenvalue weighted by atomic mass is 16.4. The van der Waals surface area contributed by atoms with Crippen LogP contribution in [0.25, 0.3) is 0 Å². The van der Waals surface area contributed by atoms with Crippen molar-refractivity contribution in [2.24, 2.45) is 0 Å². The van der Waals surface area contributed by atoms with Crippen LogP contribution in [0.2, 0.25) is 0 Å². The molecule has 6 heteroatoms. The lowest BCUT2D eigenvalue weighted by Crippen LogP contribution is -2.28. The first-order valence-corrected chi connectivity index (χ1v) is 6.43. The number of rotatable bonds is 8. The van der Waals surface area contributed by atoms with Crippen molar-refractivity contribution in [3.8, 4) is 0 Å². The molecule has 106 valence electrons. The number of carboxylic acid groups (broad SMARTS) is 1. The number of nitrogens with zero attached hydrogens (tertiary/aromatic N) is 4.